The summed E-state index contributed by atoms with van der Waals surface area (Å²) in [6, 6.07) is 3.89. The van der Waals surface area contributed by atoms with Crippen LogP contribution in [0.4, 0.5) is 0 Å². The Bertz CT molecular complexity index is 764. The van der Waals surface area contributed by atoms with Gasteiger partial charge in [-0.25, -0.2) is 0 Å². The lowest BCUT2D eigenvalue weighted by atomic mass is 10.2. The highest BCUT2D eigenvalue weighted by Crippen LogP contribution is 1.97. The first-order chi connectivity index (χ1) is 15.9. The first-order valence-corrected chi connectivity index (χ1v) is 10.9. The van der Waals surface area contributed by atoms with Crippen molar-refractivity contribution in [1.29, 1.82) is 10.5 Å². The number of carbonyl (C=O) groups is 1. The van der Waals surface area contributed by atoms with E-state index in [-0.39, 0.29) is 38.4 Å². The first-order valence-electron chi connectivity index (χ1n) is 10.9. The summed E-state index contributed by atoms with van der Waals surface area (Å²) in [6.07, 6.45) is 8.88. The van der Waals surface area contributed by atoms with Crippen molar-refractivity contribution >= 4 is 5.91 Å². The number of nitriles is 2. The minimum atomic E-state index is -0.903. The molecule has 0 aliphatic heterocycles. The van der Waals surface area contributed by atoms with Crippen LogP contribution in [0.15, 0.2) is 47.9 Å². The van der Waals surface area contributed by atoms with Crippen LogP contribution in [0.2, 0.25) is 0 Å². The van der Waals surface area contributed by atoms with Crippen LogP contribution >= 0.6 is 0 Å². The van der Waals surface area contributed by atoms with E-state index < -0.39 is 12.0 Å². The zero-order chi connectivity index (χ0) is 24.9. The average molecular weight is 461 g/mol. The highest BCUT2D eigenvalue weighted by atomic mass is 16.3. The van der Waals surface area contributed by atoms with Crippen LogP contribution in [0, 0.1) is 22.7 Å². The molecule has 0 aromatic carbocycles. The zero-order valence-corrected chi connectivity index (χ0v) is 19.4. The van der Waals surface area contributed by atoms with Crippen molar-refractivity contribution in [2.75, 3.05) is 59.0 Å². The number of nitrogens with one attached hydrogen (secondary N) is 2. The summed E-state index contributed by atoms with van der Waals surface area (Å²) in [4.78, 5) is 15.9. The number of amides is 1. The Hall–Kier alpha value is -3.15. The minimum absolute atomic E-state index is 0.00382. The Balaban J connectivity index is 4.53. The lowest BCUT2D eigenvalue weighted by Gasteiger charge is -2.15. The molecule has 1 amide bonds. The fourth-order valence-electron chi connectivity index (χ4n) is 2.53. The third kappa shape index (κ3) is 14.5. The molecule has 182 valence electrons. The summed E-state index contributed by atoms with van der Waals surface area (Å²) in [5.41, 5.74) is 0.363. The van der Waals surface area contributed by atoms with Gasteiger partial charge in [-0.15, -0.1) is 0 Å². The molecule has 0 saturated heterocycles. The SMILES string of the molecule is CCN(C=CC=C(C#N)CNCC(O)CNC(=O)C(C#N)=CC=CN(CC)CCO)CCO. The normalized spacial score (nSPS) is 13.1. The third-order valence-corrected chi connectivity index (χ3v) is 4.44. The molecule has 10 heteroatoms. The van der Waals surface area contributed by atoms with Gasteiger partial charge in [-0.3, -0.25) is 4.79 Å². The van der Waals surface area contributed by atoms with Crippen molar-refractivity contribution in [3.8, 4) is 12.1 Å². The van der Waals surface area contributed by atoms with Crippen LogP contribution in [-0.2, 0) is 4.79 Å². The van der Waals surface area contributed by atoms with Crippen molar-refractivity contribution in [2.45, 2.75) is 20.0 Å². The summed E-state index contributed by atoms with van der Waals surface area (Å²) in [7, 11) is 0. The van der Waals surface area contributed by atoms with E-state index in [0.29, 0.717) is 25.2 Å². The second kappa shape index (κ2) is 19.5. The molecule has 0 fully saturated rings. The molecule has 0 spiro atoms. The second-order valence-electron chi connectivity index (χ2n) is 6.88. The molecule has 0 aliphatic rings. The molecule has 33 heavy (non-hydrogen) atoms. The summed E-state index contributed by atoms with van der Waals surface area (Å²) in [5.74, 6) is -0.600. The lowest BCUT2D eigenvalue weighted by molar-refractivity contribution is -0.117. The number of hydrogen-bond donors (Lipinski definition) is 5. The monoisotopic (exact) mass is 460 g/mol. The largest absolute Gasteiger partial charge is 0.395 e. The summed E-state index contributed by atoms with van der Waals surface area (Å²) in [5, 5.41) is 51.8. The Morgan fingerprint density at radius 2 is 1.55 bits per heavy atom. The Labute approximate surface area is 196 Å². The molecular formula is C23H36N6O4. The topological polar surface area (TPSA) is 156 Å². The Morgan fingerprint density at radius 3 is 2.03 bits per heavy atom. The number of rotatable bonds is 17. The van der Waals surface area contributed by atoms with E-state index in [4.69, 9.17) is 15.5 Å². The number of nitrogens with zero attached hydrogens (tertiary/aromatic N) is 4. The Morgan fingerprint density at radius 1 is 0.970 bits per heavy atom. The molecule has 0 heterocycles. The molecule has 0 aromatic rings. The number of hydrogen-bond acceptors (Lipinski definition) is 9. The smallest absolute Gasteiger partial charge is 0.262 e. The maximum atomic E-state index is 12.1. The summed E-state index contributed by atoms with van der Waals surface area (Å²) >= 11 is 0. The predicted molar refractivity (Wildman–Crippen MR) is 126 cm³/mol. The minimum Gasteiger partial charge on any atom is -0.395 e. The van der Waals surface area contributed by atoms with Gasteiger partial charge in [-0.1, -0.05) is 0 Å². The molecule has 0 saturated carbocycles. The lowest BCUT2D eigenvalue weighted by Crippen LogP contribution is -2.38. The van der Waals surface area contributed by atoms with Gasteiger partial charge in [0.2, 0.25) is 0 Å². The first kappa shape index (κ1) is 29.9. The van der Waals surface area contributed by atoms with E-state index in [1.54, 1.807) is 30.6 Å². The van der Waals surface area contributed by atoms with Gasteiger partial charge in [0.05, 0.1) is 25.4 Å². The van der Waals surface area contributed by atoms with E-state index in [0.717, 1.165) is 6.54 Å². The maximum absolute atomic E-state index is 12.1. The molecule has 0 aliphatic carbocycles. The Kier molecular flexibility index (Phi) is 17.7. The van der Waals surface area contributed by atoms with E-state index >= 15 is 0 Å². The van der Waals surface area contributed by atoms with E-state index in [1.807, 2.05) is 29.7 Å². The fraction of sp³-hybridized carbons (Fsp3) is 0.522. The molecule has 1 unspecified atom stereocenters. The van der Waals surface area contributed by atoms with Gasteiger partial charge in [-0.05, 0) is 50.6 Å². The van der Waals surface area contributed by atoms with Crippen LogP contribution < -0.4 is 10.6 Å². The average Bonchev–Trinajstić information content (AvgIpc) is 2.82. The van der Waals surface area contributed by atoms with Crippen LogP contribution in [-0.4, -0.2) is 96.2 Å². The summed E-state index contributed by atoms with van der Waals surface area (Å²) < 4.78 is 0. The highest BCUT2D eigenvalue weighted by Gasteiger charge is 2.11. The number of carbonyl (C=O) groups excluding carboxylic acids is 1. The zero-order valence-electron chi connectivity index (χ0n) is 19.4. The van der Waals surface area contributed by atoms with Crippen LogP contribution in [0.25, 0.3) is 0 Å². The number of likely N-dealkylation sites (N-methyl/N-ethyl adjacent to an activating group) is 2. The highest BCUT2D eigenvalue weighted by molar-refractivity contribution is 5.97. The van der Waals surface area contributed by atoms with Crippen LogP contribution in [0.5, 0.6) is 0 Å². The summed E-state index contributed by atoms with van der Waals surface area (Å²) in [6.45, 7) is 6.65. The van der Waals surface area contributed by atoms with Gasteiger partial charge in [0.15, 0.2) is 0 Å². The van der Waals surface area contributed by atoms with Crippen molar-refractivity contribution < 1.29 is 20.1 Å². The molecule has 10 nitrogen and oxygen atoms in total. The van der Waals surface area contributed by atoms with Gasteiger partial charge in [0.1, 0.15) is 11.6 Å². The maximum Gasteiger partial charge on any atom is 0.262 e. The third-order valence-electron chi connectivity index (χ3n) is 4.44. The van der Waals surface area contributed by atoms with Crippen molar-refractivity contribution in [3.05, 3.63) is 47.9 Å². The molecule has 0 aromatic heterocycles. The fourth-order valence-corrected chi connectivity index (χ4v) is 2.53. The number of aliphatic hydroxyl groups is 3. The van der Waals surface area contributed by atoms with Crippen molar-refractivity contribution in [1.82, 2.24) is 20.4 Å². The van der Waals surface area contributed by atoms with E-state index in [2.05, 4.69) is 16.7 Å². The number of allylic oxidation sites excluding steroid dienone is 4. The predicted octanol–water partition coefficient (Wildman–Crippen LogP) is -0.391. The molecule has 0 bridgehead atoms. The number of aliphatic hydroxyl groups excluding tert-OH is 3. The molecular weight excluding hydrogens is 424 g/mol. The van der Waals surface area contributed by atoms with Crippen LogP contribution in [0.3, 0.4) is 0 Å². The molecule has 1 atom stereocenters. The molecule has 0 rings (SSSR count). The molecule has 0 radical (unpaired) electrons. The van der Waals surface area contributed by atoms with Gasteiger partial charge in [0.25, 0.3) is 5.91 Å². The van der Waals surface area contributed by atoms with Crippen molar-refractivity contribution in [3.63, 3.8) is 0 Å². The van der Waals surface area contributed by atoms with Gasteiger partial charge in [-0.2, -0.15) is 10.5 Å². The van der Waals surface area contributed by atoms with E-state index in [1.165, 1.54) is 6.08 Å². The van der Waals surface area contributed by atoms with E-state index in [9.17, 15) is 15.2 Å². The standard InChI is InChI=1S/C23H36N6O4/c1-3-28(11-13-30)9-5-7-20(15-24)17-26-18-22(32)19-27-23(33)21(16-25)8-6-10-29(4-2)12-14-31/h5-10,22,26,30-32H,3-4,11-14,17-19H2,1-2H3,(H,27,33). The van der Waals surface area contributed by atoms with Crippen LogP contribution in [0.1, 0.15) is 13.8 Å². The van der Waals surface area contributed by atoms with Gasteiger partial charge >= 0.3 is 0 Å². The van der Waals surface area contributed by atoms with Gasteiger partial charge in [0, 0.05) is 51.4 Å². The quantitative estimate of drug-likeness (QED) is 0.111. The second-order valence-corrected chi connectivity index (χ2v) is 6.88. The van der Waals surface area contributed by atoms with Gasteiger partial charge < -0.3 is 35.8 Å². The van der Waals surface area contributed by atoms with Crippen molar-refractivity contribution in [2.24, 2.45) is 0 Å². The molecule has 5 N–H and O–H groups in total.